The normalized spacial score (nSPS) is 14.4. The summed E-state index contributed by atoms with van der Waals surface area (Å²) in [5.41, 5.74) is 5.58. The van der Waals surface area contributed by atoms with Gasteiger partial charge in [0.15, 0.2) is 0 Å². The Morgan fingerprint density at radius 1 is 0.853 bits per heavy atom. The zero-order valence-corrected chi connectivity index (χ0v) is 20.9. The molecule has 4 rings (SSSR count). The highest BCUT2D eigenvalue weighted by Gasteiger charge is 2.28. The highest BCUT2D eigenvalue weighted by molar-refractivity contribution is 7.89. The van der Waals surface area contributed by atoms with Crippen LogP contribution in [0.3, 0.4) is 0 Å². The fourth-order valence-corrected chi connectivity index (χ4v) is 5.44. The summed E-state index contributed by atoms with van der Waals surface area (Å²) in [5.74, 6) is 0. The van der Waals surface area contributed by atoms with Gasteiger partial charge in [0, 0.05) is 24.5 Å². The smallest absolute Gasteiger partial charge is 0.308 e. The highest BCUT2D eigenvalue weighted by atomic mass is 32.2. The van der Waals surface area contributed by atoms with E-state index in [1.54, 1.807) is 12.1 Å². The Hall–Kier alpha value is -3.16. The predicted molar refractivity (Wildman–Crippen MR) is 137 cm³/mol. The lowest BCUT2D eigenvalue weighted by molar-refractivity contribution is 0.262. The number of carbonyl (C=O) groups is 1. The van der Waals surface area contributed by atoms with E-state index >= 15 is 0 Å². The van der Waals surface area contributed by atoms with Gasteiger partial charge < -0.3 is 10.6 Å². The van der Waals surface area contributed by atoms with Crippen molar-refractivity contribution in [3.8, 4) is 0 Å². The third-order valence-corrected chi connectivity index (χ3v) is 7.97. The van der Waals surface area contributed by atoms with Gasteiger partial charge in [-0.15, -0.1) is 0 Å². The average molecular weight is 478 g/mol. The van der Waals surface area contributed by atoms with Crippen LogP contribution in [0.25, 0.3) is 0 Å². The number of nitrogens with one attached hydrogen (secondary N) is 2. The van der Waals surface area contributed by atoms with E-state index in [9.17, 15) is 13.2 Å². The monoisotopic (exact) mass is 477 g/mol. The molecule has 0 unspecified atom stereocenters. The molecule has 0 aromatic heterocycles. The zero-order chi connectivity index (χ0) is 24.5. The second kappa shape index (κ2) is 9.24. The molecule has 0 spiro atoms. The number of amides is 2. The molecular formula is C27H31N3O3S. The molecule has 0 bridgehead atoms. The Kier molecular flexibility index (Phi) is 6.51. The molecule has 3 aromatic rings. The third-order valence-electron chi connectivity index (χ3n) is 6.11. The second-order valence-corrected chi connectivity index (χ2v) is 11.7. The van der Waals surface area contributed by atoms with Gasteiger partial charge in [0.05, 0.1) is 4.90 Å². The van der Waals surface area contributed by atoms with Crippen LogP contribution in [-0.2, 0) is 28.4 Å². The van der Waals surface area contributed by atoms with Gasteiger partial charge in [-0.1, -0.05) is 56.7 Å². The summed E-state index contributed by atoms with van der Waals surface area (Å²) in [6, 6.07) is 20.0. The standard InChI is InChI=1S/C27H31N3O3S/c1-19-5-13-25(14-6-19)34(32,33)30-16-15-20-7-10-24(17-21(20)18-30)29-26(31)28-23-11-8-22(9-12-23)27(2,3)4/h5-14,17H,15-16,18H2,1-4H3,(H2,28,29,31). The number of rotatable bonds is 4. The lowest BCUT2D eigenvalue weighted by atomic mass is 9.87. The van der Waals surface area contributed by atoms with Crippen LogP contribution < -0.4 is 10.6 Å². The summed E-state index contributed by atoms with van der Waals surface area (Å²) in [4.78, 5) is 12.8. The molecular weight excluding hydrogens is 446 g/mol. The average Bonchev–Trinajstić information content (AvgIpc) is 2.78. The molecule has 0 saturated heterocycles. The minimum atomic E-state index is -3.58. The van der Waals surface area contributed by atoms with Gasteiger partial charge in [-0.25, -0.2) is 13.2 Å². The summed E-state index contributed by atoms with van der Waals surface area (Å²) >= 11 is 0. The van der Waals surface area contributed by atoms with Gasteiger partial charge in [0.2, 0.25) is 10.0 Å². The molecule has 1 aliphatic rings. The van der Waals surface area contributed by atoms with E-state index in [1.807, 2.05) is 61.5 Å². The number of hydrogen-bond acceptors (Lipinski definition) is 3. The maximum absolute atomic E-state index is 13.1. The fourth-order valence-electron chi connectivity index (χ4n) is 4.02. The lowest BCUT2D eigenvalue weighted by Crippen LogP contribution is -2.36. The van der Waals surface area contributed by atoms with E-state index in [0.29, 0.717) is 29.2 Å². The van der Waals surface area contributed by atoms with Gasteiger partial charge in [-0.3, -0.25) is 0 Å². The summed E-state index contributed by atoms with van der Waals surface area (Å²) in [6.45, 7) is 9.07. The highest BCUT2D eigenvalue weighted by Crippen LogP contribution is 2.28. The van der Waals surface area contributed by atoms with Gasteiger partial charge in [-0.05, 0) is 71.8 Å². The van der Waals surface area contributed by atoms with E-state index in [2.05, 4.69) is 31.4 Å². The number of carbonyl (C=O) groups excluding carboxylic acids is 1. The first kappa shape index (κ1) is 24.0. The molecule has 7 heteroatoms. The van der Waals surface area contributed by atoms with E-state index in [1.165, 1.54) is 9.87 Å². The van der Waals surface area contributed by atoms with Crippen molar-refractivity contribution in [2.24, 2.45) is 0 Å². The number of anilines is 2. The van der Waals surface area contributed by atoms with Crippen molar-refractivity contribution in [3.05, 3.63) is 89.0 Å². The van der Waals surface area contributed by atoms with E-state index < -0.39 is 10.0 Å². The zero-order valence-electron chi connectivity index (χ0n) is 20.1. The van der Waals surface area contributed by atoms with Crippen molar-refractivity contribution in [3.63, 3.8) is 0 Å². The first-order valence-electron chi connectivity index (χ1n) is 11.4. The minimum Gasteiger partial charge on any atom is -0.308 e. The van der Waals surface area contributed by atoms with Crippen LogP contribution >= 0.6 is 0 Å². The van der Waals surface area contributed by atoms with Crippen molar-refractivity contribution in [1.29, 1.82) is 0 Å². The molecule has 6 nitrogen and oxygen atoms in total. The van der Waals surface area contributed by atoms with Gasteiger partial charge in [0.1, 0.15) is 0 Å². The first-order chi connectivity index (χ1) is 16.0. The van der Waals surface area contributed by atoms with Crippen molar-refractivity contribution in [1.82, 2.24) is 4.31 Å². The van der Waals surface area contributed by atoms with E-state index in [-0.39, 0.29) is 18.0 Å². The SMILES string of the molecule is Cc1ccc(S(=O)(=O)N2CCc3ccc(NC(=O)Nc4ccc(C(C)(C)C)cc4)cc3C2)cc1. The van der Waals surface area contributed by atoms with Gasteiger partial charge in [-0.2, -0.15) is 4.31 Å². The molecule has 34 heavy (non-hydrogen) atoms. The fraction of sp³-hybridized carbons (Fsp3) is 0.296. The first-order valence-corrected chi connectivity index (χ1v) is 12.8. The summed E-state index contributed by atoms with van der Waals surface area (Å²) < 4.78 is 27.7. The van der Waals surface area contributed by atoms with Crippen LogP contribution in [0.5, 0.6) is 0 Å². The Labute approximate surface area is 202 Å². The maximum Gasteiger partial charge on any atom is 0.323 e. The number of nitrogens with zero attached hydrogens (tertiary/aromatic N) is 1. The van der Waals surface area contributed by atoms with Crippen LogP contribution in [0.15, 0.2) is 71.6 Å². The number of fused-ring (bicyclic) bond motifs is 1. The largest absolute Gasteiger partial charge is 0.323 e. The topological polar surface area (TPSA) is 78.5 Å². The molecule has 2 amide bonds. The number of benzene rings is 3. The molecule has 0 aliphatic carbocycles. The molecule has 0 fully saturated rings. The Bertz CT molecular complexity index is 1290. The Balaban J connectivity index is 1.44. The molecule has 0 radical (unpaired) electrons. The summed E-state index contributed by atoms with van der Waals surface area (Å²) in [6.07, 6.45) is 0.632. The van der Waals surface area contributed by atoms with Crippen LogP contribution in [0, 0.1) is 6.92 Å². The predicted octanol–water partition coefficient (Wildman–Crippen LogP) is 5.68. The lowest BCUT2D eigenvalue weighted by Gasteiger charge is -2.28. The third kappa shape index (κ3) is 5.32. The van der Waals surface area contributed by atoms with Crippen molar-refractivity contribution in [2.75, 3.05) is 17.2 Å². The van der Waals surface area contributed by atoms with E-state index in [4.69, 9.17) is 0 Å². The molecule has 178 valence electrons. The second-order valence-electron chi connectivity index (χ2n) is 9.79. The maximum atomic E-state index is 13.1. The van der Waals surface area contributed by atoms with Crippen molar-refractivity contribution in [2.45, 2.75) is 51.0 Å². The summed E-state index contributed by atoms with van der Waals surface area (Å²) in [7, 11) is -3.58. The molecule has 0 saturated carbocycles. The molecule has 2 N–H and O–H groups in total. The number of sulfonamides is 1. The number of urea groups is 1. The number of hydrogen-bond donors (Lipinski definition) is 2. The number of aryl methyl sites for hydroxylation is 1. The Morgan fingerprint density at radius 3 is 2.12 bits per heavy atom. The van der Waals surface area contributed by atoms with Gasteiger partial charge >= 0.3 is 6.03 Å². The molecule has 0 atom stereocenters. The quantitative estimate of drug-likeness (QED) is 0.507. The van der Waals surface area contributed by atoms with Crippen LogP contribution in [-0.4, -0.2) is 25.3 Å². The van der Waals surface area contributed by atoms with Crippen molar-refractivity contribution < 1.29 is 13.2 Å². The molecule has 3 aromatic carbocycles. The van der Waals surface area contributed by atoms with Crippen LogP contribution in [0.2, 0.25) is 0 Å². The van der Waals surface area contributed by atoms with Crippen molar-refractivity contribution >= 4 is 27.4 Å². The minimum absolute atomic E-state index is 0.0464. The van der Waals surface area contributed by atoms with Gasteiger partial charge in [0.25, 0.3) is 0 Å². The molecule has 1 heterocycles. The van der Waals surface area contributed by atoms with E-state index in [0.717, 1.165) is 16.7 Å². The van der Waals surface area contributed by atoms with Crippen LogP contribution in [0.1, 0.15) is 43.0 Å². The summed E-state index contributed by atoms with van der Waals surface area (Å²) in [5, 5.41) is 5.71. The Morgan fingerprint density at radius 2 is 1.47 bits per heavy atom. The molecule has 1 aliphatic heterocycles. The van der Waals surface area contributed by atoms with Crippen LogP contribution in [0.4, 0.5) is 16.2 Å².